The molecule has 0 fully saturated rings. The van der Waals surface area contributed by atoms with Crippen molar-refractivity contribution in [1.29, 1.82) is 0 Å². The summed E-state index contributed by atoms with van der Waals surface area (Å²) in [7, 11) is 0. The van der Waals surface area contributed by atoms with E-state index >= 15 is 0 Å². The molecule has 0 spiro atoms. The van der Waals surface area contributed by atoms with Gasteiger partial charge in [-0.1, -0.05) is 20.8 Å². The van der Waals surface area contributed by atoms with E-state index in [0.717, 1.165) is 25.4 Å². The van der Waals surface area contributed by atoms with Gasteiger partial charge in [0.25, 0.3) is 0 Å². The van der Waals surface area contributed by atoms with Crippen LogP contribution in [0, 0.1) is 23.7 Å². The standard InChI is InChI=1S/C12H23N/c1-5-7-8-11(3)12(4)10-13-9-6-2/h11-13H,6,8-10H2,1-4H3. The van der Waals surface area contributed by atoms with Crippen LogP contribution in [0.4, 0.5) is 0 Å². The van der Waals surface area contributed by atoms with E-state index in [4.69, 9.17) is 0 Å². The van der Waals surface area contributed by atoms with Crippen LogP contribution in [0.1, 0.15) is 40.5 Å². The summed E-state index contributed by atoms with van der Waals surface area (Å²) in [6.45, 7) is 10.9. The van der Waals surface area contributed by atoms with Gasteiger partial charge in [-0.3, -0.25) is 0 Å². The highest BCUT2D eigenvalue weighted by atomic mass is 14.8. The molecule has 1 N–H and O–H groups in total. The van der Waals surface area contributed by atoms with Gasteiger partial charge in [0.05, 0.1) is 0 Å². The molecule has 0 aliphatic heterocycles. The Morgan fingerprint density at radius 1 is 1.23 bits per heavy atom. The molecule has 2 unspecified atom stereocenters. The van der Waals surface area contributed by atoms with Crippen molar-refractivity contribution >= 4 is 0 Å². The molecule has 0 aromatic rings. The molecular formula is C12H23N. The second-order valence-corrected chi connectivity index (χ2v) is 3.79. The van der Waals surface area contributed by atoms with Crippen molar-refractivity contribution in [2.45, 2.75) is 40.5 Å². The predicted molar refractivity (Wildman–Crippen MR) is 59.6 cm³/mol. The summed E-state index contributed by atoms with van der Waals surface area (Å²) in [5, 5.41) is 3.44. The summed E-state index contributed by atoms with van der Waals surface area (Å²) < 4.78 is 0. The Hall–Kier alpha value is -0.480. The van der Waals surface area contributed by atoms with E-state index in [9.17, 15) is 0 Å². The first-order valence-corrected chi connectivity index (χ1v) is 5.32. The third-order valence-corrected chi connectivity index (χ3v) is 2.47. The van der Waals surface area contributed by atoms with Crippen LogP contribution in [0.3, 0.4) is 0 Å². The minimum atomic E-state index is 0.705. The van der Waals surface area contributed by atoms with E-state index < -0.39 is 0 Å². The summed E-state index contributed by atoms with van der Waals surface area (Å²) in [6.07, 6.45) is 2.25. The Labute approximate surface area is 83.3 Å². The lowest BCUT2D eigenvalue weighted by Gasteiger charge is -2.17. The van der Waals surface area contributed by atoms with Crippen molar-refractivity contribution < 1.29 is 0 Å². The van der Waals surface area contributed by atoms with E-state index in [1.807, 2.05) is 6.92 Å². The highest BCUT2D eigenvalue weighted by Crippen LogP contribution is 2.13. The van der Waals surface area contributed by atoms with E-state index in [2.05, 4.69) is 37.9 Å². The molecule has 0 aromatic heterocycles. The number of hydrogen-bond donors (Lipinski definition) is 1. The summed E-state index contributed by atoms with van der Waals surface area (Å²) >= 11 is 0. The quantitative estimate of drug-likeness (QED) is 0.491. The molecule has 0 aliphatic carbocycles. The lowest BCUT2D eigenvalue weighted by Crippen LogP contribution is -2.25. The van der Waals surface area contributed by atoms with Crippen LogP contribution in [0.5, 0.6) is 0 Å². The summed E-state index contributed by atoms with van der Waals surface area (Å²) in [5.41, 5.74) is 0. The largest absolute Gasteiger partial charge is 0.316 e. The number of hydrogen-bond acceptors (Lipinski definition) is 1. The Morgan fingerprint density at radius 3 is 2.46 bits per heavy atom. The first-order valence-electron chi connectivity index (χ1n) is 5.32. The van der Waals surface area contributed by atoms with Gasteiger partial charge in [-0.2, -0.15) is 0 Å². The number of rotatable bonds is 6. The van der Waals surface area contributed by atoms with Crippen molar-refractivity contribution in [2.75, 3.05) is 13.1 Å². The average molecular weight is 181 g/mol. The molecule has 2 atom stereocenters. The van der Waals surface area contributed by atoms with Crippen LogP contribution >= 0.6 is 0 Å². The highest BCUT2D eigenvalue weighted by molar-refractivity contribution is 4.96. The van der Waals surface area contributed by atoms with Gasteiger partial charge in [-0.25, -0.2) is 0 Å². The molecule has 0 heterocycles. The van der Waals surface area contributed by atoms with E-state index in [1.165, 1.54) is 6.42 Å². The van der Waals surface area contributed by atoms with Gasteiger partial charge in [0.15, 0.2) is 0 Å². The van der Waals surface area contributed by atoms with E-state index in [1.54, 1.807) is 0 Å². The first-order chi connectivity index (χ1) is 6.22. The van der Waals surface area contributed by atoms with E-state index in [-0.39, 0.29) is 0 Å². The van der Waals surface area contributed by atoms with Gasteiger partial charge < -0.3 is 5.32 Å². The molecule has 0 bridgehead atoms. The van der Waals surface area contributed by atoms with Crippen LogP contribution in [0.25, 0.3) is 0 Å². The Kier molecular flexibility index (Phi) is 7.83. The van der Waals surface area contributed by atoms with Crippen molar-refractivity contribution in [3.8, 4) is 11.8 Å². The Morgan fingerprint density at radius 2 is 1.92 bits per heavy atom. The van der Waals surface area contributed by atoms with Crippen molar-refractivity contribution in [3.63, 3.8) is 0 Å². The van der Waals surface area contributed by atoms with Gasteiger partial charge in [0.2, 0.25) is 0 Å². The van der Waals surface area contributed by atoms with Gasteiger partial charge in [0, 0.05) is 6.42 Å². The minimum Gasteiger partial charge on any atom is -0.316 e. The topological polar surface area (TPSA) is 12.0 Å². The van der Waals surface area contributed by atoms with Crippen molar-refractivity contribution in [2.24, 2.45) is 11.8 Å². The van der Waals surface area contributed by atoms with Crippen molar-refractivity contribution in [1.82, 2.24) is 5.32 Å². The fraction of sp³-hybridized carbons (Fsp3) is 0.833. The molecule has 0 aromatic carbocycles. The maximum atomic E-state index is 3.44. The van der Waals surface area contributed by atoms with E-state index in [0.29, 0.717) is 5.92 Å². The maximum absolute atomic E-state index is 3.44. The van der Waals surface area contributed by atoms with Crippen LogP contribution < -0.4 is 5.32 Å². The molecule has 0 aliphatic rings. The lowest BCUT2D eigenvalue weighted by atomic mass is 9.93. The smallest absolute Gasteiger partial charge is 0.0117 e. The third kappa shape index (κ3) is 6.66. The molecule has 1 nitrogen and oxygen atoms in total. The molecule has 0 saturated heterocycles. The van der Waals surface area contributed by atoms with Crippen LogP contribution in [-0.4, -0.2) is 13.1 Å². The fourth-order valence-electron chi connectivity index (χ4n) is 1.17. The summed E-state index contributed by atoms with van der Waals surface area (Å²) in [5.74, 6) is 7.53. The van der Waals surface area contributed by atoms with Crippen LogP contribution in [0.15, 0.2) is 0 Å². The maximum Gasteiger partial charge on any atom is 0.0117 e. The fourth-order valence-corrected chi connectivity index (χ4v) is 1.17. The zero-order valence-corrected chi connectivity index (χ0v) is 9.48. The highest BCUT2D eigenvalue weighted by Gasteiger charge is 2.09. The summed E-state index contributed by atoms with van der Waals surface area (Å²) in [4.78, 5) is 0. The molecule has 0 rings (SSSR count). The van der Waals surface area contributed by atoms with Crippen LogP contribution in [0.2, 0.25) is 0 Å². The molecule has 0 saturated carbocycles. The zero-order valence-electron chi connectivity index (χ0n) is 9.48. The molecule has 13 heavy (non-hydrogen) atoms. The van der Waals surface area contributed by atoms with Gasteiger partial charge in [-0.15, -0.1) is 11.8 Å². The SMILES string of the molecule is CC#CCC(C)C(C)CNCCC. The van der Waals surface area contributed by atoms with Gasteiger partial charge >= 0.3 is 0 Å². The molecular weight excluding hydrogens is 158 g/mol. The predicted octanol–water partition coefficient (Wildman–Crippen LogP) is 2.67. The third-order valence-electron chi connectivity index (χ3n) is 2.47. The van der Waals surface area contributed by atoms with Crippen molar-refractivity contribution in [3.05, 3.63) is 0 Å². The van der Waals surface area contributed by atoms with Gasteiger partial charge in [0.1, 0.15) is 0 Å². The second kappa shape index (κ2) is 8.13. The Bertz CT molecular complexity index is 164. The molecule has 0 radical (unpaired) electrons. The molecule has 1 heteroatoms. The average Bonchev–Trinajstić information content (AvgIpc) is 2.14. The lowest BCUT2D eigenvalue weighted by molar-refractivity contribution is 0.374. The first kappa shape index (κ1) is 12.5. The molecule has 0 amide bonds. The van der Waals surface area contributed by atoms with Gasteiger partial charge in [-0.05, 0) is 38.3 Å². The normalized spacial score (nSPS) is 14.5. The summed E-state index contributed by atoms with van der Waals surface area (Å²) in [6, 6.07) is 0. The second-order valence-electron chi connectivity index (χ2n) is 3.79. The zero-order chi connectivity index (χ0) is 10.1. The Balaban J connectivity index is 3.54. The number of nitrogens with one attached hydrogen (secondary N) is 1. The molecule has 76 valence electrons. The monoisotopic (exact) mass is 181 g/mol. The van der Waals surface area contributed by atoms with Crippen LogP contribution in [-0.2, 0) is 0 Å². The minimum absolute atomic E-state index is 0.705.